The van der Waals surface area contributed by atoms with Crippen molar-refractivity contribution in [1.82, 2.24) is 15.2 Å². The molecule has 0 aliphatic carbocycles. The lowest BCUT2D eigenvalue weighted by Gasteiger charge is -2.19. The van der Waals surface area contributed by atoms with Crippen LogP contribution < -0.4 is 10.3 Å². The lowest BCUT2D eigenvalue weighted by Crippen LogP contribution is -2.42. The van der Waals surface area contributed by atoms with Crippen LogP contribution >= 0.6 is 0 Å². The van der Waals surface area contributed by atoms with Crippen molar-refractivity contribution in [2.45, 2.75) is 45.9 Å². The molecule has 0 saturated carbocycles. The summed E-state index contributed by atoms with van der Waals surface area (Å²) in [5.41, 5.74) is 8.43. The van der Waals surface area contributed by atoms with Gasteiger partial charge in [-0.15, -0.1) is 4.83 Å². The highest BCUT2D eigenvalue weighted by molar-refractivity contribution is 7.89. The third kappa shape index (κ3) is 3.55. The van der Waals surface area contributed by atoms with Gasteiger partial charge >= 0.3 is 0 Å². The van der Waals surface area contributed by atoms with Gasteiger partial charge in [-0.1, -0.05) is 18.2 Å². The maximum absolute atomic E-state index is 12.9. The summed E-state index contributed by atoms with van der Waals surface area (Å²) in [6.45, 7) is 9.38. The first kappa shape index (κ1) is 20.1. The van der Waals surface area contributed by atoms with Crippen molar-refractivity contribution < 1.29 is 13.2 Å². The second-order valence-electron chi connectivity index (χ2n) is 7.14. The average molecular weight is 400 g/mol. The minimum Gasteiger partial charge on any atom is -0.361 e. The Morgan fingerprint density at radius 3 is 2.14 bits per heavy atom. The Labute approximate surface area is 165 Å². The summed E-state index contributed by atoms with van der Waals surface area (Å²) in [7, 11) is -3.89. The van der Waals surface area contributed by atoms with Crippen LogP contribution in [0.25, 0.3) is 10.9 Å². The van der Waals surface area contributed by atoms with Crippen LogP contribution in [0.5, 0.6) is 0 Å². The normalized spacial score (nSPS) is 11.8. The third-order valence-corrected chi connectivity index (χ3v) is 7.07. The molecule has 3 rings (SSSR count). The number of carbonyl (C=O) groups is 1. The zero-order chi connectivity index (χ0) is 20.6. The molecule has 0 bridgehead atoms. The summed E-state index contributed by atoms with van der Waals surface area (Å²) < 4.78 is 25.8. The van der Waals surface area contributed by atoms with Crippen molar-refractivity contribution >= 4 is 26.8 Å². The van der Waals surface area contributed by atoms with Crippen LogP contribution in [0.15, 0.2) is 35.4 Å². The predicted molar refractivity (Wildman–Crippen MR) is 111 cm³/mol. The molecule has 0 radical (unpaired) electrons. The fourth-order valence-corrected chi connectivity index (χ4v) is 5.00. The van der Waals surface area contributed by atoms with E-state index in [9.17, 15) is 13.2 Å². The molecule has 28 heavy (non-hydrogen) atoms. The third-order valence-electron chi connectivity index (χ3n) is 5.55. The number of fused-ring (bicyclic) bond motifs is 1. The van der Waals surface area contributed by atoms with Gasteiger partial charge in [-0.2, -0.15) is 0 Å². The lowest BCUT2D eigenvalue weighted by molar-refractivity contribution is -0.120. The first-order valence-corrected chi connectivity index (χ1v) is 10.5. The Kier molecular flexibility index (Phi) is 5.32. The predicted octanol–water partition coefficient (Wildman–Crippen LogP) is 3.26. The van der Waals surface area contributed by atoms with E-state index in [1.165, 1.54) is 0 Å². The molecule has 0 atom stereocenters. The fourth-order valence-electron chi connectivity index (χ4n) is 3.54. The van der Waals surface area contributed by atoms with E-state index < -0.39 is 15.9 Å². The van der Waals surface area contributed by atoms with E-state index >= 15 is 0 Å². The molecule has 0 aliphatic rings. The van der Waals surface area contributed by atoms with E-state index in [1.54, 1.807) is 20.0 Å². The Morgan fingerprint density at radius 2 is 1.50 bits per heavy atom. The number of nitrogens with one attached hydrogen (secondary N) is 3. The number of benzene rings is 2. The summed E-state index contributed by atoms with van der Waals surface area (Å²) in [4.78, 5) is 17.9. The topological polar surface area (TPSA) is 91.1 Å². The molecule has 0 saturated heterocycles. The minimum absolute atomic E-state index is 0.0659. The zero-order valence-electron chi connectivity index (χ0n) is 16.7. The molecule has 0 unspecified atom stereocenters. The summed E-state index contributed by atoms with van der Waals surface area (Å²) >= 11 is 0. The monoisotopic (exact) mass is 399 g/mol. The van der Waals surface area contributed by atoms with Gasteiger partial charge in [0.15, 0.2) is 0 Å². The first-order chi connectivity index (χ1) is 13.1. The summed E-state index contributed by atoms with van der Waals surface area (Å²) in [5.74, 6) is -0.427. The van der Waals surface area contributed by atoms with Crippen molar-refractivity contribution in [3.05, 3.63) is 63.8 Å². The van der Waals surface area contributed by atoms with Gasteiger partial charge in [0.25, 0.3) is 10.0 Å². The molecular weight excluding hydrogens is 374 g/mol. The Morgan fingerprint density at radius 1 is 0.929 bits per heavy atom. The van der Waals surface area contributed by atoms with Crippen LogP contribution in [0.1, 0.15) is 33.4 Å². The molecule has 3 N–H and O–H groups in total. The molecule has 3 aromatic rings. The molecule has 1 heterocycles. The highest BCUT2D eigenvalue weighted by Gasteiger charge is 2.24. The van der Waals surface area contributed by atoms with Crippen LogP contribution in [0.2, 0.25) is 0 Å². The number of hydrogen-bond donors (Lipinski definition) is 3. The number of sulfonamides is 1. The minimum atomic E-state index is -3.89. The number of hydrogen-bond acceptors (Lipinski definition) is 3. The summed E-state index contributed by atoms with van der Waals surface area (Å²) in [6, 6.07) is 7.65. The second kappa shape index (κ2) is 7.41. The molecule has 0 fully saturated rings. The van der Waals surface area contributed by atoms with Crippen LogP contribution in [0.3, 0.4) is 0 Å². The van der Waals surface area contributed by atoms with Gasteiger partial charge in [0, 0.05) is 17.1 Å². The molecule has 0 spiro atoms. The van der Waals surface area contributed by atoms with E-state index in [4.69, 9.17) is 0 Å². The van der Waals surface area contributed by atoms with Gasteiger partial charge in [-0.25, -0.2) is 8.42 Å². The molecule has 7 heteroatoms. The standard InChI is InChI=1S/C21H25N3O3S/c1-12-13(2)15(4)21(16(5)14(12)3)28(26,27)24-23-20(25)10-17-11-22-19-9-7-6-8-18(17)19/h6-9,11,22,24H,10H2,1-5H3,(H,23,25). The quantitative estimate of drug-likeness (QED) is 0.575. The number of H-pyrrole nitrogens is 1. The Hall–Kier alpha value is -2.64. The molecule has 0 aliphatic heterocycles. The van der Waals surface area contributed by atoms with Crippen LogP contribution in [0, 0.1) is 34.6 Å². The maximum atomic E-state index is 12.9. The van der Waals surface area contributed by atoms with Crippen molar-refractivity contribution in [2.75, 3.05) is 0 Å². The van der Waals surface area contributed by atoms with Crippen LogP contribution in [0.4, 0.5) is 0 Å². The van der Waals surface area contributed by atoms with E-state index in [0.717, 1.165) is 33.2 Å². The zero-order valence-corrected chi connectivity index (χ0v) is 17.5. The van der Waals surface area contributed by atoms with Crippen molar-refractivity contribution in [3.63, 3.8) is 0 Å². The first-order valence-electron chi connectivity index (χ1n) is 9.06. The highest BCUT2D eigenvalue weighted by atomic mass is 32.2. The largest absolute Gasteiger partial charge is 0.361 e. The maximum Gasteiger partial charge on any atom is 0.257 e. The van der Waals surface area contributed by atoms with E-state index in [1.807, 2.05) is 45.0 Å². The number of amides is 1. The van der Waals surface area contributed by atoms with Gasteiger partial charge in [0.1, 0.15) is 0 Å². The van der Waals surface area contributed by atoms with Gasteiger partial charge < -0.3 is 4.98 Å². The van der Waals surface area contributed by atoms with E-state index in [2.05, 4.69) is 15.2 Å². The summed E-state index contributed by atoms with van der Waals surface area (Å²) in [5, 5.41) is 0.942. The number of aromatic amines is 1. The lowest BCUT2D eigenvalue weighted by atomic mass is 9.95. The second-order valence-corrected chi connectivity index (χ2v) is 8.76. The summed E-state index contributed by atoms with van der Waals surface area (Å²) in [6.07, 6.45) is 1.83. The molecule has 148 valence electrons. The van der Waals surface area contributed by atoms with Crippen molar-refractivity contribution in [2.24, 2.45) is 0 Å². The molecule has 1 aromatic heterocycles. The smallest absolute Gasteiger partial charge is 0.257 e. The van der Waals surface area contributed by atoms with E-state index in [0.29, 0.717) is 11.1 Å². The number of carbonyl (C=O) groups excluding carboxylic acids is 1. The van der Waals surface area contributed by atoms with Crippen LogP contribution in [-0.4, -0.2) is 19.3 Å². The van der Waals surface area contributed by atoms with Gasteiger partial charge in [-0.05, 0) is 74.1 Å². The average Bonchev–Trinajstić information content (AvgIpc) is 3.06. The number of hydrazine groups is 1. The molecular formula is C21H25N3O3S. The van der Waals surface area contributed by atoms with Crippen molar-refractivity contribution in [1.29, 1.82) is 0 Å². The van der Waals surface area contributed by atoms with Gasteiger partial charge in [0.2, 0.25) is 5.91 Å². The molecule has 6 nitrogen and oxygen atoms in total. The van der Waals surface area contributed by atoms with E-state index in [-0.39, 0.29) is 11.3 Å². The fraction of sp³-hybridized carbons (Fsp3) is 0.286. The van der Waals surface area contributed by atoms with Crippen LogP contribution in [-0.2, 0) is 21.2 Å². The number of aromatic nitrogens is 1. The number of para-hydroxylation sites is 1. The number of rotatable bonds is 5. The van der Waals surface area contributed by atoms with Gasteiger partial charge in [0.05, 0.1) is 11.3 Å². The Balaban J connectivity index is 1.80. The highest BCUT2D eigenvalue weighted by Crippen LogP contribution is 2.29. The molecule has 1 amide bonds. The SMILES string of the molecule is Cc1c(C)c(C)c(S(=O)(=O)NNC(=O)Cc2c[nH]c3ccccc23)c(C)c1C. The van der Waals surface area contributed by atoms with Gasteiger partial charge in [-0.3, -0.25) is 10.2 Å². The van der Waals surface area contributed by atoms with Crippen molar-refractivity contribution in [3.8, 4) is 0 Å². The molecule has 2 aromatic carbocycles. The Bertz CT molecular complexity index is 1150.